The lowest BCUT2D eigenvalue weighted by atomic mass is 10.3. The van der Waals surface area contributed by atoms with Gasteiger partial charge in [0.25, 0.3) is 0 Å². The lowest BCUT2D eigenvalue weighted by Crippen LogP contribution is -2.16. The number of hydrogen-bond acceptors (Lipinski definition) is 5. The van der Waals surface area contributed by atoms with Crippen molar-refractivity contribution in [3.05, 3.63) is 65.0 Å². The monoisotopic (exact) mass is 425 g/mol. The minimum absolute atomic E-state index is 0.286. The van der Waals surface area contributed by atoms with Crippen molar-refractivity contribution in [2.24, 2.45) is 0 Å². The summed E-state index contributed by atoms with van der Waals surface area (Å²) in [5.41, 5.74) is 1.37. The van der Waals surface area contributed by atoms with Crippen LogP contribution in [0.1, 0.15) is 5.82 Å². The first-order valence-electron chi connectivity index (χ1n) is 7.24. The number of benzene rings is 2. The molecule has 3 rings (SSSR count). The molecule has 3 aromatic rings. The Balaban J connectivity index is 1.66. The van der Waals surface area contributed by atoms with Crippen LogP contribution >= 0.6 is 15.9 Å². The minimum Gasteiger partial charge on any atom is -0.406 e. The maximum Gasteiger partial charge on any atom is 0.573 e. The van der Waals surface area contributed by atoms with Crippen LogP contribution in [0.15, 0.2) is 59.2 Å². The third-order valence-corrected chi connectivity index (χ3v) is 3.66. The molecule has 0 aliphatic carbocycles. The van der Waals surface area contributed by atoms with Crippen molar-refractivity contribution in [1.82, 2.24) is 20.2 Å². The van der Waals surface area contributed by atoms with Gasteiger partial charge in [-0.15, -0.1) is 18.3 Å². The number of alkyl halides is 3. The Labute approximate surface area is 154 Å². The molecule has 0 aliphatic rings. The first-order chi connectivity index (χ1) is 12.4. The van der Waals surface area contributed by atoms with E-state index in [0.29, 0.717) is 11.5 Å². The summed E-state index contributed by atoms with van der Waals surface area (Å²) in [4.78, 5) is 0. The van der Waals surface area contributed by atoms with Gasteiger partial charge in [0.1, 0.15) is 5.75 Å². The minimum atomic E-state index is -4.71. The molecule has 0 spiro atoms. The number of tetrazole rings is 1. The summed E-state index contributed by atoms with van der Waals surface area (Å²) in [6, 6.07) is 12.8. The molecule has 26 heavy (non-hydrogen) atoms. The molecule has 0 aliphatic heterocycles. The molecule has 0 bridgehead atoms. The molecule has 0 atom stereocenters. The van der Waals surface area contributed by atoms with Crippen LogP contribution in [0.25, 0.3) is 11.8 Å². The van der Waals surface area contributed by atoms with E-state index >= 15 is 0 Å². The van der Waals surface area contributed by atoms with Gasteiger partial charge in [0.15, 0.2) is 5.82 Å². The van der Waals surface area contributed by atoms with Gasteiger partial charge in [-0.2, -0.15) is 4.68 Å². The SMILES string of the molecule is FC(F)(F)Oc1ccc(N/C=C/c2nnnn2-c2ccc(Br)cc2)cc1. The van der Waals surface area contributed by atoms with Gasteiger partial charge in [0.05, 0.1) is 5.69 Å². The van der Waals surface area contributed by atoms with E-state index in [9.17, 15) is 13.2 Å². The van der Waals surface area contributed by atoms with Crippen molar-refractivity contribution < 1.29 is 17.9 Å². The predicted octanol–water partition coefficient (Wildman–Crippen LogP) is 4.41. The highest BCUT2D eigenvalue weighted by Crippen LogP contribution is 2.24. The Kier molecular flexibility index (Phi) is 5.21. The maximum atomic E-state index is 12.1. The highest BCUT2D eigenvalue weighted by molar-refractivity contribution is 9.10. The van der Waals surface area contributed by atoms with Crippen molar-refractivity contribution >= 4 is 27.7 Å². The van der Waals surface area contributed by atoms with E-state index in [4.69, 9.17) is 0 Å². The number of ether oxygens (including phenoxy) is 1. The number of aromatic nitrogens is 4. The van der Waals surface area contributed by atoms with Gasteiger partial charge >= 0.3 is 6.36 Å². The highest BCUT2D eigenvalue weighted by Gasteiger charge is 2.30. The van der Waals surface area contributed by atoms with Gasteiger partial charge in [-0.3, -0.25) is 0 Å². The highest BCUT2D eigenvalue weighted by atomic mass is 79.9. The van der Waals surface area contributed by atoms with Gasteiger partial charge in [0, 0.05) is 22.4 Å². The van der Waals surface area contributed by atoms with Crippen LogP contribution in [0.3, 0.4) is 0 Å². The van der Waals surface area contributed by atoms with Crippen molar-refractivity contribution in [1.29, 1.82) is 0 Å². The van der Waals surface area contributed by atoms with E-state index in [1.165, 1.54) is 24.3 Å². The summed E-state index contributed by atoms with van der Waals surface area (Å²) < 4.78 is 42.7. The molecule has 2 aromatic carbocycles. The molecule has 1 aromatic heterocycles. The Morgan fingerprint density at radius 2 is 1.73 bits per heavy atom. The molecule has 0 unspecified atom stereocenters. The van der Waals surface area contributed by atoms with Crippen molar-refractivity contribution in [3.8, 4) is 11.4 Å². The van der Waals surface area contributed by atoms with E-state index in [2.05, 4.69) is 41.5 Å². The molecular weight excluding hydrogens is 415 g/mol. The molecule has 0 saturated carbocycles. The summed E-state index contributed by atoms with van der Waals surface area (Å²) in [5.74, 6) is 0.197. The smallest absolute Gasteiger partial charge is 0.406 e. The predicted molar refractivity (Wildman–Crippen MR) is 92.6 cm³/mol. The number of hydrogen-bond donors (Lipinski definition) is 1. The standard InChI is InChI=1S/C16H11BrF3N5O/c17-11-1-5-13(6-2-11)25-15(22-23-24-25)9-10-21-12-3-7-14(8-4-12)26-16(18,19)20/h1-10,21H/b10-9+. The molecule has 0 fully saturated rings. The second-order valence-corrected chi connectivity index (χ2v) is 5.89. The average molecular weight is 426 g/mol. The van der Waals surface area contributed by atoms with E-state index in [1.807, 2.05) is 24.3 Å². The average Bonchev–Trinajstić information content (AvgIpc) is 3.04. The van der Waals surface area contributed by atoms with E-state index in [0.717, 1.165) is 10.2 Å². The summed E-state index contributed by atoms with van der Waals surface area (Å²) in [6.07, 6.45) is -1.48. The van der Waals surface area contributed by atoms with E-state index in [-0.39, 0.29) is 5.75 Å². The van der Waals surface area contributed by atoms with E-state index < -0.39 is 6.36 Å². The van der Waals surface area contributed by atoms with Crippen molar-refractivity contribution in [3.63, 3.8) is 0 Å². The second kappa shape index (κ2) is 7.56. The summed E-state index contributed by atoms with van der Waals surface area (Å²) >= 11 is 3.36. The Hall–Kier alpha value is -2.88. The van der Waals surface area contributed by atoms with E-state index in [1.54, 1.807) is 17.0 Å². The van der Waals surface area contributed by atoms with Gasteiger partial charge < -0.3 is 10.1 Å². The van der Waals surface area contributed by atoms with Crippen LogP contribution in [-0.2, 0) is 0 Å². The number of anilines is 1. The van der Waals surface area contributed by atoms with Crippen molar-refractivity contribution in [2.75, 3.05) is 5.32 Å². The molecule has 0 saturated heterocycles. The maximum absolute atomic E-state index is 12.1. The molecule has 134 valence electrons. The zero-order chi connectivity index (χ0) is 18.6. The van der Waals surface area contributed by atoms with Crippen LogP contribution in [-0.4, -0.2) is 26.6 Å². The number of rotatable bonds is 5. The molecule has 1 heterocycles. The Bertz CT molecular complexity index is 891. The second-order valence-electron chi connectivity index (χ2n) is 4.98. The topological polar surface area (TPSA) is 64.9 Å². The molecule has 10 heteroatoms. The third kappa shape index (κ3) is 4.82. The zero-order valence-electron chi connectivity index (χ0n) is 13.0. The number of nitrogens with one attached hydrogen (secondary N) is 1. The summed E-state index contributed by atoms with van der Waals surface area (Å²) in [6.45, 7) is 0. The fourth-order valence-corrected chi connectivity index (χ4v) is 2.29. The van der Waals surface area contributed by atoms with Crippen LogP contribution in [0.5, 0.6) is 5.75 Å². The molecule has 0 amide bonds. The largest absolute Gasteiger partial charge is 0.573 e. The first-order valence-corrected chi connectivity index (χ1v) is 8.03. The molecule has 0 radical (unpaired) electrons. The van der Waals surface area contributed by atoms with Gasteiger partial charge in [-0.1, -0.05) is 15.9 Å². The fourth-order valence-electron chi connectivity index (χ4n) is 2.03. The third-order valence-electron chi connectivity index (χ3n) is 3.14. The van der Waals surface area contributed by atoms with Gasteiger partial charge in [-0.05, 0) is 59.0 Å². The summed E-state index contributed by atoms with van der Waals surface area (Å²) in [5, 5.41) is 14.4. The van der Waals surface area contributed by atoms with Crippen LogP contribution in [0, 0.1) is 0 Å². The zero-order valence-corrected chi connectivity index (χ0v) is 14.6. The lowest BCUT2D eigenvalue weighted by molar-refractivity contribution is -0.274. The lowest BCUT2D eigenvalue weighted by Gasteiger charge is -2.09. The number of nitrogens with zero attached hydrogens (tertiary/aromatic N) is 4. The van der Waals surface area contributed by atoms with Crippen LogP contribution in [0.4, 0.5) is 18.9 Å². The quantitative estimate of drug-likeness (QED) is 0.655. The van der Waals surface area contributed by atoms with Crippen LogP contribution in [0.2, 0.25) is 0 Å². The van der Waals surface area contributed by atoms with Gasteiger partial charge in [-0.25, -0.2) is 0 Å². The normalized spacial score (nSPS) is 11.7. The molecule has 1 N–H and O–H groups in total. The molecular formula is C16H11BrF3N5O. The Morgan fingerprint density at radius 3 is 2.38 bits per heavy atom. The van der Waals surface area contributed by atoms with Gasteiger partial charge in [0.2, 0.25) is 0 Å². The van der Waals surface area contributed by atoms with Crippen molar-refractivity contribution in [2.45, 2.75) is 6.36 Å². The summed E-state index contributed by atoms with van der Waals surface area (Å²) in [7, 11) is 0. The molecule has 6 nitrogen and oxygen atoms in total. The fraction of sp³-hybridized carbons (Fsp3) is 0.0625. The first kappa shape index (κ1) is 17.9. The number of halogens is 4. The Morgan fingerprint density at radius 1 is 1.04 bits per heavy atom. The van der Waals surface area contributed by atoms with Crippen LogP contribution < -0.4 is 10.1 Å².